The van der Waals surface area contributed by atoms with Gasteiger partial charge >= 0.3 is 0 Å². The molecule has 1 aromatic carbocycles. The molecule has 0 atom stereocenters. The van der Waals surface area contributed by atoms with Crippen LogP contribution >= 0.6 is 0 Å². The predicted molar refractivity (Wildman–Crippen MR) is 98.8 cm³/mol. The van der Waals surface area contributed by atoms with Gasteiger partial charge in [0.25, 0.3) is 5.91 Å². The van der Waals surface area contributed by atoms with Crippen LogP contribution < -0.4 is 10.2 Å². The number of amides is 1. The minimum absolute atomic E-state index is 0.158. The lowest BCUT2D eigenvalue weighted by atomic mass is 10.1. The van der Waals surface area contributed by atoms with Crippen LogP contribution in [0.5, 0.6) is 0 Å². The number of carbonyl (C=O) groups excluding carboxylic acids is 1. The summed E-state index contributed by atoms with van der Waals surface area (Å²) in [5.74, 6) is -0.158. The molecule has 1 aliphatic rings. The molecule has 1 aliphatic heterocycles. The zero-order chi connectivity index (χ0) is 16.9. The molecule has 1 aromatic heterocycles. The molecule has 4 heteroatoms. The molecule has 1 N–H and O–H groups in total. The molecule has 0 bridgehead atoms. The first kappa shape index (κ1) is 16.5. The summed E-state index contributed by atoms with van der Waals surface area (Å²) in [4.78, 5) is 19.2. The van der Waals surface area contributed by atoms with Gasteiger partial charge in [-0.15, -0.1) is 0 Å². The minimum Gasteiger partial charge on any atom is -0.370 e. The molecule has 3 rings (SSSR count). The van der Waals surface area contributed by atoms with Crippen molar-refractivity contribution < 1.29 is 4.79 Å². The lowest BCUT2D eigenvalue weighted by molar-refractivity contribution is 0.102. The molecule has 1 amide bonds. The van der Waals surface area contributed by atoms with E-state index in [2.05, 4.69) is 15.2 Å². The Kier molecular flexibility index (Phi) is 5.14. The molecular weight excluding hydrogens is 298 g/mol. The van der Waals surface area contributed by atoms with Gasteiger partial charge in [0.1, 0.15) is 5.69 Å². The number of aromatic nitrogens is 1. The molecule has 0 radical (unpaired) electrons. The Balaban J connectivity index is 1.72. The summed E-state index contributed by atoms with van der Waals surface area (Å²) in [6, 6.07) is 9.83. The van der Waals surface area contributed by atoms with E-state index in [0.717, 1.165) is 35.6 Å². The summed E-state index contributed by atoms with van der Waals surface area (Å²) in [6.45, 7) is 6.15. The van der Waals surface area contributed by atoms with Crippen LogP contribution in [0, 0.1) is 13.8 Å². The van der Waals surface area contributed by atoms with Crippen LogP contribution in [0.15, 0.2) is 36.5 Å². The lowest BCUT2D eigenvalue weighted by Gasteiger charge is -2.22. The minimum atomic E-state index is -0.158. The van der Waals surface area contributed by atoms with Crippen molar-refractivity contribution in [3.63, 3.8) is 0 Å². The normalized spacial score (nSPS) is 15.0. The van der Waals surface area contributed by atoms with E-state index in [4.69, 9.17) is 0 Å². The second-order valence-corrected chi connectivity index (χ2v) is 6.52. The maximum absolute atomic E-state index is 12.5. The molecule has 0 saturated carbocycles. The molecule has 0 spiro atoms. The number of pyridine rings is 1. The maximum atomic E-state index is 12.5. The van der Waals surface area contributed by atoms with Gasteiger partial charge in [-0.25, -0.2) is 4.98 Å². The number of benzene rings is 1. The largest absolute Gasteiger partial charge is 0.370 e. The zero-order valence-electron chi connectivity index (χ0n) is 14.5. The number of hydrogen-bond donors (Lipinski definition) is 1. The Labute approximate surface area is 143 Å². The van der Waals surface area contributed by atoms with Gasteiger partial charge in [0, 0.05) is 18.8 Å². The van der Waals surface area contributed by atoms with Crippen LogP contribution in [-0.4, -0.2) is 24.0 Å². The fourth-order valence-electron chi connectivity index (χ4n) is 3.23. The Morgan fingerprint density at radius 3 is 2.25 bits per heavy atom. The van der Waals surface area contributed by atoms with E-state index in [0.29, 0.717) is 5.69 Å². The number of aryl methyl sites for hydroxylation is 2. The highest BCUT2D eigenvalue weighted by molar-refractivity contribution is 6.03. The Hall–Kier alpha value is -2.36. The van der Waals surface area contributed by atoms with Crippen molar-refractivity contribution in [2.24, 2.45) is 0 Å². The van der Waals surface area contributed by atoms with Crippen LogP contribution in [0.3, 0.4) is 0 Å². The van der Waals surface area contributed by atoms with E-state index < -0.39 is 0 Å². The summed E-state index contributed by atoms with van der Waals surface area (Å²) in [7, 11) is 0. The van der Waals surface area contributed by atoms with Crippen LogP contribution in [0.1, 0.15) is 47.3 Å². The summed E-state index contributed by atoms with van der Waals surface area (Å²) in [5, 5.41) is 2.99. The monoisotopic (exact) mass is 323 g/mol. The van der Waals surface area contributed by atoms with Crippen LogP contribution in [0.2, 0.25) is 0 Å². The van der Waals surface area contributed by atoms with Crippen LogP contribution in [0.25, 0.3) is 0 Å². The maximum Gasteiger partial charge on any atom is 0.274 e. The van der Waals surface area contributed by atoms with Crippen molar-refractivity contribution in [2.45, 2.75) is 39.5 Å². The van der Waals surface area contributed by atoms with E-state index in [9.17, 15) is 4.79 Å². The lowest BCUT2D eigenvalue weighted by Crippen LogP contribution is -2.24. The first-order chi connectivity index (χ1) is 11.6. The third-order valence-corrected chi connectivity index (χ3v) is 4.67. The van der Waals surface area contributed by atoms with E-state index in [-0.39, 0.29) is 5.91 Å². The first-order valence-electron chi connectivity index (χ1n) is 8.74. The van der Waals surface area contributed by atoms with Gasteiger partial charge in [-0.1, -0.05) is 31.0 Å². The van der Waals surface area contributed by atoms with Crippen molar-refractivity contribution in [3.8, 4) is 0 Å². The third kappa shape index (κ3) is 3.75. The number of anilines is 2. The SMILES string of the molecule is Cc1cccc(C)c1NC(=O)c1ccc(N2CCCCCC2)cn1. The van der Waals surface area contributed by atoms with Crippen LogP contribution in [-0.2, 0) is 0 Å². The van der Waals surface area contributed by atoms with Gasteiger partial charge in [0.2, 0.25) is 0 Å². The molecular formula is C20H25N3O. The summed E-state index contributed by atoms with van der Waals surface area (Å²) in [6.07, 6.45) is 6.90. The third-order valence-electron chi connectivity index (χ3n) is 4.67. The molecule has 126 valence electrons. The van der Waals surface area contributed by atoms with Crippen molar-refractivity contribution in [1.82, 2.24) is 4.98 Å². The number of nitrogens with zero attached hydrogens (tertiary/aromatic N) is 2. The van der Waals surface area contributed by atoms with Gasteiger partial charge in [0.15, 0.2) is 0 Å². The molecule has 24 heavy (non-hydrogen) atoms. The fourth-order valence-corrected chi connectivity index (χ4v) is 3.23. The molecule has 1 saturated heterocycles. The Bertz CT molecular complexity index is 681. The topological polar surface area (TPSA) is 45.2 Å². The highest BCUT2D eigenvalue weighted by Gasteiger charge is 2.13. The van der Waals surface area contributed by atoms with Gasteiger partial charge in [-0.3, -0.25) is 4.79 Å². The smallest absolute Gasteiger partial charge is 0.274 e. The molecule has 0 unspecified atom stereocenters. The predicted octanol–water partition coefficient (Wildman–Crippen LogP) is 4.33. The molecule has 2 heterocycles. The number of nitrogens with one attached hydrogen (secondary N) is 1. The number of para-hydroxylation sites is 1. The van der Waals surface area contributed by atoms with Crippen LogP contribution in [0.4, 0.5) is 11.4 Å². The fraction of sp³-hybridized carbons (Fsp3) is 0.400. The number of rotatable bonds is 3. The van der Waals surface area contributed by atoms with Crippen molar-refractivity contribution in [1.29, 1.82) is 0 Å². The average molecular weight is 323 g/mol. The van der Waals surface area contributed by atoms with Gasteiger partial charge in [-0.2, -0.15) is 0 Å². The number of carbonyl (C=O) groups is 1. The standard InChI is InChI=1S/C20H25N3O/c1-15-8-7-9-16(2)19(15)22-20(24)18-11-10-17(14-21-18)23-12-5-3-4-6-13-23/h7-11,14H,3-6,12-13H2,1-2H3,(H,22,24). The summed E-state index contributed by atoms with van der Waals surface area (Å²) in [5.41, 5.74) is 4.56. The van der Waals surface area contributed by atoms with E-state index in [1.54, 1.807) is 0 Å². The number of hydrogen-bond acceptors (Lipinski definition) is 3. The summed E-state index contributed by atoms with van der Waals surface area (Å²) >= 11 is 0. The highest BCUT2D eigenvalue weighted by atomic mass is 16.1. The van der Waals surface area contributed by atoms with Crippen molar-refractivity contribution in [2.75, 3.05) is 23.3 Å². The molecule has 1 fully saturated rings. The second-order valence-electron chi connectivity index (χ2n) is 6.52. The average Bonchev–Trinajstić information content (AvgIpc) is 2.88. The quantitative estimate of drug-likeness (QED) is 0.914. The van der Waals surface area contributed by atoms with Gasteiger partial charge < -0.3 is 10.2 Å². The van der Waals surface area contributed by atoms with Crippen molar-refractivity contribution in [3.05, 3.63) is 53.3 Å². The Morgan fingerprint density at radius 2 is 1.67 bits per heavy atom. The van der Waals surface area contributed by atoms with Gasteiger partial charge in [-0.05, 0) is 49.9 Å². The molecule has 0 aliphatic carbocycles. The second kappa shape index (κ2) is 7.47. The van der Waals surface area contributed by atoms with E-state index in [1.165, 1.54) is 25.7 Å². The molecule has 2 aromatic rings. The van der Waals surface area contributed by atoms with Gasteiger partial charge in [0.05, 0.1) is 11.9 Å². The van der Waals surface area contributed by atoms with E-state index in [1.807, 2.05) is 50.4 Å². The summed E-state index contributed by atoms with van der Waals surface area (Å²) < 4.78 is 0. The Morgan fingerprint density at radius 1 is 1.00 bits per heavy atom. The van der Waals surface area contributed by atoms with E-state index >= 15 is 0 Å². The first-order valence-corrected chi connectivity index (χ1v) is 8.74. The zero-order valence-corrected chi connectivity index (χ0v) is 14.5. The molecule has 4 nitrogen and oxygen atoms in total. The van der Waals surface area contributed by atoms with Crippen molar-refractivity contribution >= 4 is 17.3 Å². The highest BCUT2D eigenvalue weighted by Crippen LogP contribution is 2.21.